The van der Waals surface area contributed by atoms with Crippen molar-refractivity contribution < 1.29 is 32.7 Å². The number of carbonyl (C=O) groups is 2. The van der Waals surface area contributed by atoms with E-state index in [0.29, 0.717) is 23.0 Å². The third-order valence-electron chi connectivity index (χ3n) is 3.76. The lowest BCUT2D eigenvalue weighted by atomic mass is 10.1. The summed E-state index contributed by atoms with van der Waals surface area (Å²) in [6.07, 6.45) is 1.37. The van der Waals surface area contributed by atoms with Crippen LogP contribution in [0.4, 0.5) is 5.69 Å². The predicted molar refractivity (Wildman–Crippen MR) is 96.6 cm³/mol. The second-order valence-electron chi connectivity index (χ2n) is 5.69. The molecule has 2 heterocycles. The molecule has 0 unspecified atom stereocenters. The third-order valence-corrected chi connectivity index (χ3v) is 3.76. The number of carbonyl (C=O) groups excluding carboxylic acids is 2. The Labute approximate surface area is 160 Å². The Kier molecular flexibility index (Phi) is 5.64. The van der Waals surface area contributed by atoms with Gasteiger partial charge in [-0.05, 0) is 19.1 Å². The van der Waals surface area contributed by atoms with Crippen molar-refractivity contribution in [1.29, 1.82) is 0 Å². The zero-order chi connectivity index (χ0) is 20.1. The van der Waals surface area contributed by atoms with Crippen LogP contribution in [0.15, 0.2) is 45.5 Å². The minimum absolute atomic E-state index is 0.0776. The summed E-state index contributed by atoms with van der Waals surface area (Å²) in [7, 11) is 2.88. The Hall–Kier alpha value is -3.75. The van der Waals surface area contributed by atoms with Gasteiger partial charge in [-0.1, -0.05) is 5.16 Å². The van der Waals surface area contributed by atoms with Crippen LogP contribution in [0.3, 0.4) is 0 Å². The standard InChI is InChI=1S/C19H18N2O7/c1-11-7-12(28-21-11)10-27-19(23)13-8-16(24-2)17(25-3)9-14(13)20-18(22)15-5-4-6-26-15/h4-9H,10H2,1-3H3,(H,20,22). The quantitative estimate of drug-likeness (QED) is 0.616. The van der Waals surface area contributed by atoms with E-state index in [4.69, 9.17) is 23.2 Å². The Bertz CT molecular complexity index is 976. The van der Waals surface area contributed by atoms with E-state index in [0.717, 1.165) is 0 Å². The van der Waals surface area contributed by atoms with Gasteiger partial charge in [-0.2, -0.15) is 0 Å². The highest BCUT2D eigenvalue weighted by atomic mass is 16.5. The van der Waals surface area contributed by atoms with Crippen molar-refractivity contribution in [2.24, 2.45) is 0 Å². The number of anilines is 1. The highest BCUT2D eigenvalue weighted by Crippen LogP contribution is 2.34. The van der Waals surface area contributed by atoms with Crippen molar-refractivity contribution >= 4 is 17.6 Å². The molecular weight excluding hydrogens is 368 g/mol. The molecule has 1 N–H and O–H groups in total. The Morgan fingerprint density at radius 1 is 1.14 bits per heavy atom. The topological polar surface area (TPSA) is 113 Å². The predicted octanol–water partition coefficient (Wildman–Crippen LogP) is 3.20. The van der Waals surface area contributed by atoms with Crippen LogP contribution in [0.5, 0.6) is 11.5 Å². The summed E-state index contributed by atoms with van der Waals surface area (Å²) < 4.78 is 25.8. The molecule has 2 aromatic heterocycles. The van der Waals surface area contributed by atoms with Crippen LogP contribution in [-0.4, -0.2) is 31.3 Å². The van der Waals surface area contributed by atoms with Crippen LogP contribution in [0, 0.1) is 6.92 Å². The van der Waals surface area contributed by atoms with Gasteiger partial charge in [0, 0.05) is 18.2 Å². The number of nitrogens with zero attached hydrogens (tertiary/aromatic N) is 1. The van der Waals surface area contributed by atoms with Crippen molar-refractivity contribution in [3.63, 3.8) is 0 Å². The smallest absolute Gasteiger partial charge is 0.340 e. The molecule has 0 spiro atoms. The largest absolute Gasteiger partial charge is 0.493 e. The normalized spacial score (nSPS) is 10.4. The molecular formula is C19H18N2O7. The van der Waals surface area contributed by atoms with E-state index >= 15 is 0 Å². The molecule has 0 saturated heterocycles. The van der Waals surface area contributed by atoms with E-state index in [9.17, 15) is 9.59 Å². The van der Waals surface area contributed by atoms with E-state index in [-0.39, 0.29) is 23.6 Å². The molecule has 0 atom stereocenters. The molecule has 3 aromatic rings. The molecule has 0 aliphatic carbocycles. The summed E-state index contributed by atoms with van der Waals surface area (Å²) in [6.45, 7) is 1.64. The number of rotatable bonds is 7. The molecule has 9 heteroatoms. The minimum Gasteiger partial charge on any atom is -0.493 e. The van der Waals surface area contributed by atoms with Crippen LogP contribution >= 0.6 is 0 Å². The number of aryl methyl sites for hydroxylation is 1. The zero-order valence-electron chi connectivity index (χ0n) is 15.5. The van der Waals surface area contributed by atoms with Gasteiger partial charge in [0.2, 0.25) is 0 Å². The van der Waals surface area contributed by atoms with E-state index in [1.807, 2.05) is 0 Å². The van der Waals surface area contributed by atoms with Crippen LogP contribution in [0.25, 0.3) is 0 Å². The van der Waals surface area contributed by atoms with E-state index in [1.54, 1.807) is 19.1 Å². The lowest BCUT2D eigenvalue weighted by molar-refractivity contribution is 0.0438. The molecule has 1 amide bonds. The van der Waals surface area contributed by atoms with Crippen LogP contribution in [-0.2, 0) is 11.3 Å². The summed E-state index contributed by atoms with van der Waals surface area (Å²) in [4.78, 5) is 25.0. The number of nitrogens with one attached hydrogen (secondary N) is 1. The van der Waals surface area contributed by atoms with E-state index in [1.165, 1.54) is 38.7 Å². The molecule has 28 heavy (non-hydrogen) atoms. The maximum absolute atomic E-state index is 12.6. The monoisotopic (exact) mass is 386 g/mol. The van der Waals surface area contributed by atoms with Crippen molar-refractivity contribution in [2.75, 3.05) is 19.5 Å². The zero-order valence-corrected chi connectivity index (χ0v) is 15.5. The van der Waals surface area contributed by atoms with Crippen LogP contribution in [0.1, 0.15) is 32.4 Å². The lowest BCUT2D eigenvalue weighted by Crippen LogP contribution is -2.16. The molecule has 0 aliphatic rings. The summed E-state index contributed by atoms with van der Waals surface area (Å²) in [5.74, 6) is -0.0961. The second-order valence-corrected chi connectivity index (χ2v) is 5.69. The van der Waals surface area contributed by atoms with Crippen molar-refractivity contribution in [3.8, 4) is 11.5 Å². The maximum Gasteiger partial charge on any atom is 0.340 e. The molecule has 1 aromatic carbocycles. The molecule has 3 rings (SSSR count). The van der Waals surface area contributed by atoms with Crippen molar-refractivity contribution in [2.45, 2.75) is 13.5 Å². The van der Waals surface area contributed by atoms with Gasteiger partial charge in [0.15, 0.2) is 29.6 Å². The summed E-state index contributed by atoms with van der Waals surface area (Å²) in [6, 6.07) is 7.62. The van der Waals surface area contributed by atoms with Crippen LogP contribution < -0.4 is 14.8 Å². The minimum atomic E-state index is -0.690. The van der Waals surface area contributed by atoms with Crippen molar-refractivity contribution in [3.05, 3.63) is 59.4 Å². The Balaban J connectivity index is 1.87. The fraction of sp³-hybridized carbons (Fsp3) is 0.211. The lowest BCUT2D eigenvalue weighted by Gasteiger charge is -2.14. The average Bonchev–Trinajstić information content (AvgIpc) is 3.37. The molecule has 0 fully saturated rings. The fourth-order valence-corrected chi connectivity index (χ4v) is 2.44. The molecule has 0 aliphatic heterocycles. The number of aromatic nitrogens is 1. The summed E-state index contributed by atoms with van der Waals surface area (Å²) >= 11 is 0. The first-order chi connectivity index (χ1) is 13.5. The number of amides is 1. The number of ether oxygens (including phenoxy) is 3. The van der Waals surface area contributed by atoms with E-state index in [2.05, 4.69) is 10.5 Å². The average molecular weight is 386 g/mol. The Morgan fingerprint density at radius 2 is 1.89 bits per heavy atom. The molecule has 0 radical (unpaired) electrons. The number of methoxy groups -OCH3 is 2. The van der Waals surface area contributed by atoms with E-state index < -0.39 is 11.9 Å². The fourth-order valence-electron chi connectivity index (χ4n) is 2.44. The first-order valence-electron chi connectivity index (χ1n) is 8.22. The van der Waals surface area contributed by atoms with Gasteiger partial charge in [0.1, 0.15) is 0 Å². The SMILES string of the molecule is COc1cc(NC(=O)c2ccco2)c(C(=O)OCc2cc(C)no2)cc1OC. The van der Waals surface area contributed by atoms with Gasteiger partial charge in [0.25, 0.3) is 5.91 Å². The second kappa shape index (κ2) is 8.30. The summed E-state index contributed by atoms with van der Waals surface area (Å²) in [5.41, 5.74) is 0.926. The van der Waals surface area contributed by atoms with Gasteiger partial charge < -0.3 is 28.5 Å². The van der Waals surface area contributed by atoms with Gasteiger partial charge in [-0.3, -0.25) is 4.79 Å². The molecule has 0 bridgehead atoms. The number of hydrogen-bond donors (Lipinski definition) is 1. The molecule has 146 valence electrons. The number of furan rings is 1. The highest BCUT2D eigenvalue weighted by Gasteiger charge is 2.21. The van der Waals surface area contributed by atoms with Gasteiger partial charge in [-0.15, -0.1) is 0 Å². The number of esters is 1. The van der Waals surface area contributed by atoms with Crippen molar-refractivity contribution in [1.82, 2.24) is 5.16 Å². The number of hydrogen-bond acceptors (Lipinski definition) is 8. The Morgan fingerprint density at radius 3 is 2.50 bits per heavy atom. The van der Waals surface area contributed by atoms with Gasteiger partial charge >= 0.3 is 5.97 Å². The molecule has 9 nitrogen and oxygen atoms in total. The van der Waals surface area contributed by atoms with Gasteiger partial charge in [-0.25, -0.2) is 4.79 Å². The third kappa shape index (κ3) is 4.14. The van der Waals surface area contributed by atoms with Gasteiger partial charge in [0.05, 0.1) is 37.4 Å². The van der Waals surface area contributed by atoms with Crippen LogP contribution in [0.2, 0.25) is 0 Å². The first-order valence-corrected chi connectivity index (χ1v) is 8.22. The summed E-state index contributed by atoms with van der Waals surface area (Å²) in [5, 5.41) is 6.35. The maximum atomic E-state index is 12.6. The highest BCUT2D eigenvalue weighted by molar-refractivity contribution is 6.07. The number of benzene rings is 1. The first kappa shape index (κ1) is 19.0. The molecule has 0 saturated carbocycles.